The number of carbonyl (C=O) groups excluding carboxylic acids is 1. The van der Waals surface area contributed by atoms with Gasteiger partial charge in [-0.05, 0) is 58.4 Å². The van der Waals surface area contributed by atoms with Crippen molar-refractivity contribution in [1.29, 1.82) is 0 Å². The van der Waals surface area contributed by atoms with Crippen molar-refractivity contribution in [3.63, 3.8) is 0 Å². The number of nitrogens with zero attached hydrogens (tertiary/aromatic N) is 4. The van der Waals surface area contributed by atoms with E-state index in [4.69, 9.17) is 14.8 Å². The molecule has 0 bridgehead atoms. The molecule has 8 nitrogen and oxygen atoms in total. The third-order valence-corrected chi connectivity index (χ3v) is 5.80. The van der Waals surface area contributed by atoms with Crippen LogP contribution in [0.4, 0.5) is 10.9 Å². The van der Waals surface area contributed by atoms with Crippen LogP contribution in [0, 0.1) is 0 Å². The van der Waals surface area contributed by atoms with Gasteiger partial charge in [0.05, 0.1) is 13.7 Å². The van der Waals surface area contributed by atoms with E-state index in [0.29, 0.717) is 0 Å². The molecule has 2 N–H and O–H groups in total. The fourth-order valence-corrected chi connectivity index (χ4v) is 3.88. The van der Waals surface area contributed by atoms with Gasteiger partial charge in [0.15, 0.2) is 5.82 Å². The first-order chi connectivity index (χ1) is 14.6. The molecule has 168 valence electrons. The third kappa shape index (κ3) is 5.46. The molecule has 9 heteroatoms. The molecule has 0 spiro atoms. The highest BCUT2D eigenvalue weighted by Crippen LogP contribution is 2.35. The van der Waals surface area contributed by atoms with Crippen LogP contribution in [0.5, 0.6) is 5.75 Å². The summed E-state index contributed by atoms with van der Waals surface area (Å²) < 4.78 is 7.10. The van der Waals surface area contributed by atoms with Crippen molar-refractivity contribution in [2.45, 2.75) is 52.6 Å². The van der Waals surface area contributed by atoms with Gasteiger partial charge in [-0.3, -0.25) is 4.79 Å². The zero-order chi connectivity index (χ0) is 22.8. The minimum atomic E-state index is -0.178. The fourth-order valence-electron chi connectivity index (χ4n) is 3.02. The minimum Gasteiger partial charge on any atom is -0.497 e. The van der Waals surface area contributed by atoms with Gasteiger partial charge in [-0.2, -0.15) is 4.52 Å². The van der Waals surface area contributed by atoms with Crippen molar-refractivity contribution in [1.82, 2.24) is 19.9 Å². The fraction of sp³-hybridized carbons (Fsp3) is 0.500. The first kappa shape index (κ1) is 22.9. The number of ether oxygens (including phenoxy) is 1. The summed E-state index contributed by atoms with van der Waals surface area (Å²) in [4.78, 5) is 19.7. The number of rotatable bonds is 8. The molecular formula is C22H32N6O2S. The Labute approximate surface area is 187 Å². The van der Waals surface area contributed by atoms with Crippen molar-refractivity contribution in [2.75, 3.05) is 30.9 Å². The SMILES string of the molecule is CCC(C)NC(=O)CN(C)c1nn2c(NC(C)(C)C)c(-c3ccc(OC)cc3)nc2s1. The summed E-state index contributed by atoms with van der Waals surface area (Å²) in [5, 5.41) is 12.0. The topological polar surface area (TPSA) is 83.8 Å². The predicted molar refractivity (Wildman–Crippen MR) is 127 cm³/mol. The maximum Gasteiger partial charge on any atom is 0.239 e. The lowest BCUT2D eigenvalue weighted by atomic mass is 10.1. The molecule has 0 aliphatic rings. The summed E-state index contributed by atoms with van der Waals surface area (Å²) in [5.74, 6) is 1.61. The van der Waals surface area contributed by atoms with E-state index in [2.05, 4.69) is 38.3 Å². The van der Waals surface area contributed by atoms with Gasteiger partial charge in [0, 0.05) is 24.2 Å². The molecule has 2 aromatic heterocycles. The van der Waals surface area contributed by atoms with Crippen LogP contribution in [-0.4, -0.2) is 52.8 Å². The van der Waals surface area contributed by atoms with Crippen LogP contribution in [0.3, 0.4) is 0 Å². The summed E-state index contributed by atoms with van der Waals surface area (Å²) in [6.07, 6.45) is 0.899. The van der Waals surface area contributed by atoms with Crippen molar-refractivity contribution < 1.29 is 9.53 Å². The molecule has 0 aliphatic carbocycles. The molecular weight excluding hydrogens is 412 g/mol. The van der Waals surface area contributed by atoms with Crippen LogP contribution in [0.25, 0.3) is 16.2 Å². The first-order valence-corrected chi connectivity index (χ1v) is 11.3. The van der Waals surface area contributed by atoms with E-state index in [1.54, 1.807) is 7.11 Å². The number of nitrogens with one attached hydrogen (secondary N) is 2. The molecule has 31 heavy (non-hydrogen) atoms. The number of anilines is 2. The lowest BCUT2D eigenvalue weighted by molar-refractivity contribution is -0.120. The number of hydrogen-bond donors (Lipinski definition) is 2. The molecule has 2 heterocycles. The predicted octanol–water partition coefficient (Wildman–Crippen LogP) is 4.03. The quantitative estimate of drug-likeness (QED) is 0.546. The molecule has 0 radical (unpaired) electrons. The molecule has 0 aliphatic heterocycles. The lowest BCUT2D eigenvalue weighted by Gasteiger charge is -2.22. The van der Waals surface area contributed by atoms with Gasteiger partial charge in [-0.1, -0.05) is 18.3 Å². The average Bonchev–Trinajstić information content (AvgIpc) is 3.26. The van der Waals surface area contributed by atoms with Crippen molar-refractivity contribution in [3.05, 3.63) is 24.3 Å². The number of benzene rings is 1. The Kier molecular flexibility index (Phi) is 6.74. The second-order valence-electron chi connectivity index (χ2n) is 8.72. The van der Waals surface area contributed by atoms with Crippen LogP contribution in [0.2, 0.25) is 0 Å². The second-order valence-corrected chi connectivity index (χ2v) is 9.66. The van der Waals surface area contributed by atoms with Gasteiger partial charge in [0.25, 0.3) is 0 Å². The Morgan fingerprint density at radius 2 is 1.97 bits per heavy atom. The number of hydrogen-bond acceptors (Lipinski definition) is 7. The van der Waals surface area contributed by atoms with E-state index in [1.165, 1.54) is 11.3 Å². The molecule has 1 atom stereocenters. The highest BCUT2D eigenvalue weighted by Gasteiger charge is 2.23. The number of imidazole rings is 1. The van der Waals surface area contributed by atoms with Gasteiger partial charge in [-0.25, -0.2) is 4.98 Å². The van der Waals surface area contributed by atoms with E-state index in [1.807, 2.05) is 47.7 Å². The molecule has 0 fully saturated rings. The second kappa shape index (κ2) is 9.13. The number of methoxy groups -OCH3 is 1. The smallest absolute Gasteiger partial charge is 0.239 e. The van der Waals surface area contributed by atoms with Gasteiger partial charge in [0.1, 0.15) is 11.4 Å². The summed E-state index contributed by atoms with van der Waals surface area (Å²) in [5.41, 5.74) is 1.64. The van der Waals surface area contributed by atoms with E-state index < -0.39 is 0 Å². The van der Waals surface area contributed by atoms with E-state index in [-0.39, 0.29) is 24.0 Å². The average molecular weight is 445 g/mol. The Morgan fingerprint density at radius 1 is 1.29 bits per heavy atom. The molecule has 1 aromatic carbocycles. The Morgan fingerprint density at radius 3 is 2.55 bits per heavy atom. The molecule has 3 rings (SSSR count). The van der Waals surface area contributed by atoms with Crippen LogP contribution in [0.1, 0.15) is 41.0 Å². The van der Waals surface area contributed by atoms with E-state index in [0.717, 1.165) is 39.3 Å². The summed E-state index contributed by atoms with van der Waals surface area (Å²) in [7, 11) is 3.52. The summed E-state index contributed by atoms with van der Waals surface area (Å²) in [6, 6.07) is 7.99. The molecule has 1 unspecified atom stereocenters. The number of carbonyl (C=O) groups is 1. The van der Waals surface area contributed by atoms with Gasteiger partial charge in [0.2, 0.25) is 16.0 Å². The highest BCUT2D eigenvalue weighted by atomic mass is 32.1. The third-order valence-electron chi connectivity index (χ3n) is 4.78. The van der Waals surface area contributed by atoms with Crippen molar-refractivity contribution in [2.24, 2.45) is 0 Å². The maximum atomic E-state index is 12.3. The zero-order valence-electron chi connectivity index (χ0n) is 19.3. The van der Waals surface area contributed by atoms with E-state index >= 15 is 0 Å². The van der Waals surface area contributed by atoms with Gasteiger partial charge < -0.3 is 20.3 Å². The highest BCUT2D eigenvalue weighted by molar-refractivity contribution is 7.20. The maximum absolute atomic E-state index is 12.3. The monoisotopic (exact) mass is 444 g/mol. The largest absolute Gasteiger partial charge is 0.497 e. The Bertz CT molecular complexity index is 1030. The zero-order valence-corrected chi connectivity index (χ0v) is 20.1. The molecule has 0 saturated heterocycles. The Hall–Kier alpha value is -2.81. The molecule has 3 aromatic rings. The van der Waals surface area contributed by atoms with E-state index in [9.17, 15) is 4.79 Å². The van der Waals surface area contributed by atoms with Gasteiger partial charge in [-0.15, -0.1) is 5.10 Å². The van der Waals surface area contributed by atoms with Crippen LogP contribution >= 0.6 is 11.3 Å². The van der Waals surface area contributed by atoms with Crippen LogP contribution in [-0.2, 0) is 4.79 Å². The standard InChI is InChI=1S/C22H32N6O2S/c1-8-14(2)23-17(29)13-27(6)21-26-28-19(25-22(3,4)5)18(24-20(28)31-21)15-9-11-16(30-7)12-10-15/h9-12,14,25H,8,13H2,1-7H3,(H,23,29). The molecule has 0 saturated carbocycles. The van der Waals surface area contributed by atoms with Crippen molar-refractivity contribution >= 4 is 33.2 Å². The van der Waals surface area contributed by atoms with Crippen molar-refractivity contribution in [3.8, 4) is 17.0 Å². The number of fused-ring (bicyclic) bond motifs is 1. The number of amides is 1. The van der Waals surface area contributed by atoms with Crippen LogP contribution in [0.15, 0.2) is 24.3 Å². The Balaban J connectivity index is 1.93. The lowest BCUT2D eigenvalue weighted by Crippen LogP contribution is -2.39. The number of aromatic nitrogens is 3. The molecule has 1 amide bonds. The normalized spacial score (nSPS) is 12.6. The summed E-state index contributed by atoms with van der Waals surface area (Å²) >= 11 is 1.46. The minimum absolute atomic E-state index is 0.0170. The first-order valence-electron chi connectivity index (χ1n) is 10.4. The van der Waals surface area contributed by atoms with Crippen LogP contribution < -0.4 is 20.3 Å². The van der Waals surface area contributed by atoms with Gasteiger partial charge >= 0.3 is 0 Å². The number of likely N-dealkylation sites (N-methyl/N-ethyl adjacent to an activating group) is 1. The summed E-state index contributed by atoms with van der Waals surface area (Å²) in [6.45, 7) is 10.6.